The number of halogens is 2. The molecule has 2 heterocycles. The third-order valence-electron chi connectivity index (χ3n) is 2.81. The van der Waals surface area contributed by atoms with Crippen molar-refractivity contribution in [1.82, 2.24) is 19.9 Å². The molecule has 6 nitrogen and oxygen atoms in total. The number of hydrogen-bond acceptors (Lipinski definition) is 7. The lowest BCUT2D eigenvalue weighted by Crippen LogP contribution is -2.01. The van der Waals surface area contributed by atoms with Gasteiger partial charge >= 0.3 is 0 Å². The van der Waals surface area contributed by atoms with Crippen molar-refractivity contribution < 1.29 is 0 Å². The Balaban J connectivity index is 2.10. The van der Waals surface area contributed by atoms with Gasteiger partial charge in [0.2, 0.25) is 5.28 Å². The van der Waals surface area contributed by atoms with Crippen molar-refractivity contribution in [3.05, 3.63) is 41.0 Å². The van der Waals surface area contributed by atoms with Gasteiger partial charge in [-0.3, -0.25) is 9.97 Å². The normalized spacial score (nSPS) is 10.7. The molecule has 0 bridgehead atoms. The van der Waals surface area contributed by atoms with E-state index in [0.717, 1.165) is 22.4 Å². The maximum Gasteiger partial charge on any atom is 0.224 e. The highest BCUT2D eigenvalue weighted by molar-refractivity contribution is 7.99. The third kappa shape index (κ3) is 3.01. The highest BCUT2D eigenvalue weighted by Crippen LogP contribution is 2.34. The van der Waals surface area contributed by atoms with Crippen LogP contribution in [0.2, 0.25) is 10.3 Å². The molecule has 0 atom stereocenters. The molecule has 3 aromatic rings. The number of rotatable bonds is 4. The molecule has 0 radical (unpaired) electrons. The van der Waals surface area contributed by atoms with Crippen LogP contribution >= 0.6 is 35.1 Å². The predicted octanol–water partition coefficient (Wildman–Crippen LogP) is 4.16. The second kappa shape index (κ2) is 6.51. The standard InChI is InChI=1S/C13H10Cl2N6S/c1-22-21-11-9(3-2-8-10(11)17-5-4-16-8)19-12-7(14)6-18-13(15)20-12/h2-6,21H,1H3,(H,18,19,20). The fraction of sp³-hybridized carbons (Fsp3) is 0.0769. The molecule has 3 rings (SSSR count). The van der Waals surface area contributed by atoms with Crippen LogP contribution in [-0.2, 0) is 0 Å². The van der Waals surface area contributed by atoms with Crippen LogP contribution in [-0.4, -0.2) is 26.2 Å². The third-order valence-corrected chi connectivity index (χ3v) is 3.68. The van der Waals surface area contributed by atoms with Gasteiger partial charge in [-0.1, -0.05) is 23.5 Å². The van der Waals surface area contributed by atoms with Crippen molar-refractivity contribution in [2.45, 2.75) is 0 Å². The fourth-order valence-electron chi connectivity index (χ4n) is 1.91. The van der Waals surface area contributed by atoms with Crippen LogP contribution in [0.25, 0.3) is 11.0 Å². The van der Waals surface area contributed by atoms with Crippen molar-refractivity contribution in [2.75, 3.05) is 16.3 Å². The van der Waals surface area contributed by atoms with E-state index in [2.05, 4.69) is 30.0 Å². The zero-order chi connectivity index (χ0) is 15.5. The Morgan fingerprint density at radius 3 is 2.73 bits per heavy atom. The van der Waals surface area contributed by atoms with Crippen LogP contribution in [0.3, 0.4) is 0 Å². The van der Waals surface area contributed by atoms with Gasteiger partial charge < -0.3 is 10.0 Å². The van der Waals surface area contributed by atoms with Gasteiger partial charge in [-0.25, -0.2) is 4.98 Å². The first-order valence-electron chi connectivity index (χ1n) is 6.17. The average molecular weight is 353 g/mol. The van der Waals surface area contributed by atoms with Gasteiger partial charge in [0.05, 0.1) is 23.1 Å². The summed E-state index contributed by atoms with van der Waals surface area (Å²) in [5, 5.41) is 3.64. The minimum Gasteiger partial charge on any atom is -0.337 e. The van der Waals surface area contributed by atoms with Crippen LogP contribution in [0.15, 0.2) is 30.7 Å². The number of anilines is 3. The number of fused-ring (bicyclic) bond motifs is 1. The number of benzene rings is 1. The smallest absolute Gasteiger partial charge is 0.224 e. The number of nitrogens with zero attached hydrogens (tertiary/aromatic N) is 4. The zero-order valence-electron chi connectivity index (χ0n) is 11.3. The number of hydrogen-bond donors (Lipinski definition) is 2. The summed E-state index contributed by atoms with van der Waals surface area (Å²) >= 11 is 13.4. The Morgan fingerprint density at radius 2 is 1.91 bits per heavy atom. The Labute approximate surface area is 140 Å². The molecule has 2 N–H and O–H groups in total. The Kier molecular flexibility index (Phi) is 4.47. The number of nitrogens with one attached hydrogen (secondary N) is 2. The summed E-state index contributed by atoms with van der Waals surface area (Å²) in [6, 6.07) is 3.74. The SMILES string of the molecule is CSNc1c(Nc2nc(Cl)ncc2Cl)ccc2nccnc12. The highest BCUT2D eigenvalue weighted by Gasteiger charge is 2.12. The summed E-state index contributed by atoms with van der Waals surface area (Å²) in [5.74, 6) is 0.425. The van der Waals surface area contributed by atoms with Crippen molar-refractivity contribution >= 4 is 63.4 Å². The minimum absolute atomic E-state index is 0.117. The van der Waals surface area contributed by atoms with Crippen LogP contribution in [0.5, 0.6) is 0 Å². The monoisotopic (exact) mass is 352 g/mol. The van der Waals surface area contributed by atoms with Gasteiger partial charge in [-0.15, -0.1) is 0 Å². The van der Waals surface area contributed by atoms with Crippen molar-refractivity contribution in [1.29, 1.82) is 0 Å². The lowest BCUT2D eigenvalue weighted by Gasteiger charge is -2.14. The van der Waals surface area contributed by atoms with E-state index in [1.807, 2.05) is 18.4 Å². The first-order chi connectivity index (χ1) is 10.7. The van der Waals surface area contributed by atoms with Crippen LogP contribution in [0, 0.1) is 0 Å². The molecule has 112 valence electrons. The maximum absolute atomic E-state index is 6.09. The second-order valence-electron chi connectivity index (χ2n) is 4.18. The number of aromatic nitrogens is 4. The van der Waals surface area contributed by atoms with E-state index in [4.69, 9.17) is 23.2 Å². The van der Waals surface area contributed by atoms with E-state index in [1.54, 1.807) is 12.4 Å². The molecule has 0 spiro atoms. The van der Waals surface area contributed by atoms with Gasteiger partial charge in [-0.05, 0) is 23.7 Å². The molecule has 0 aliphatic rings. The lowest BCUT2D eigenvalue weighted by molar-refractivity contribution is 1.17. The second-order valence-corrected chi connectivity index (χ2v) is 5.54. The Morgan fingerprint density at radius 1 is 1.09 bits per heavy atom. The largest absolute Gasteiger partial charge is 0.337 e. The summed E-state index contributed by atoms with van der Waals surface area (Å²) in [5.41, 5.74) is 3.09. The molecule has 0 unspecified atom stereocenters. The highest BCUT2D eigenvalue weighted by atomic mass is 35.5. The van der Waals surface area contributed by atoms with Crippen LogP contribution in [0.1, 0.15) is 0 Å². The molecule has 0 saturated heterocycles. The van der Waals surface area contributed by atoms with Gasteiger partial charge in [0.1, 0.15) is 10.5 Å². The molecule has 0 amide bonds. The molecule has 0 aliphatic carbocycles. The predicted molar refractivity (Wildman–Crippen MR) is 92.0 cm³/mol. The Bertz CT molecular complexity index is 829. The van der Waals surface area contributed by atoms with E-state index < -0.39 is 0 Å². The van der Waals surface area contributed by atoms with Crippen LogP contribution < -0.4 is 10.0 Å². The van der Waals surface area contributed by atoms with E-state index in [-0.39, 0.29) is 5.28 Å². The summed E-state index contributed by atoms with van der Waals surface area (Å²) in [6.07, 6.45) is 6.67. The molecule has 2 aromatic heterocycles. The summed E-state index contributed by atoms with van der Waals surface area (Å²) in [6.45, 7) is 0. The van der Waals surface area contributed by atoms with E-state index >= 15 is 0 Å². The van der Waals surface area contributed by atoms with Crippen molar-refractivity contribution in [2.24, 2.45) is 0 Å². The first kappa shape index (κ1) is 15.1. The molecule has 0 saturated carbocycles. The van der Waals surface area contributed by atoms with E-state index in [1.165, 1.54) is 18.1 Å². The lowest BCUT2D eigenvalue weighted by atomic mass is 10.2. The molecule has 9 heteroatoms. The summed E-state index contributed by atoms with van der Waals surface area (Å²) in [4.78, 5) is 16.6. The van der Waals surface area contributed by atoms with Gasteiger partial charge in [0, 0.05) is 18.6 Å². The van der Waals surface area contributed by atoms with E-state index in [0.29, 0.717) is 10.8 Å². The van der Waals surface area contributed by atoms with Crippen molar-refractivity contribution in [3.8, 4) is 0 Å². The summed E-state index contributed by atoms with van der Waals surface area (Å²) in [7, 11) is 0. The maximum atomic E-state index is 6.09. The van der Waals surface area contributed by atoms with Crippen LogP contribution in [0.4, 0.5) is 17.2 Å². The molecule has 22 heavy (non-hydrogen) atoms. The van der Waals surface area contributed by atoms with Gasteiger partial charge in [0.15, 0.2) is 5.82 Å². The molecular weight excluding hydrogens is 343 g/mol. The average Bonchev–Trinajstić information content (AvgIpc) is 2.53. The summed E-state index contributed by atoms with van der Waals surface area (Å²) < 4.78 is 3.21. The Hall–Kier alpha value is -1.83. The molecule has 0 fully saturated rings. The van der Waals surface area contributed by atoms with E-state index in [9.17, 15) is 0 Å². The fourth-order valence-corrected chi connectivity index (χ4v) is 2.59. The van der Waals surface area contributed by atoms with Crippen molar-refractivity contribution in [3.63, 3.8) is 0 Å². The molecule has 0 aliphatic heterocycles. The van der Waals surface area contributed by atoms with Gasteiger partial charge in [0.25, 0.3) is 0 Å². The topological polar surface area (TPSA) is 75.6 Å². The zero-order valence-corrected chi connectivity index (χ0v) is 13.7. The molecular formula is C13H10Cl2N6S. The first-order valence-corrected chi connectivity index (χ1v) is 8.15. The molecule has 1 aromatic carbocycles. The van der Waals surface area contributed by atoms with Gasteiger partial charge in [-0.2, -0.15) is 4.98 Å². The quantitative estimate of drug-likeness (QED) is 0.539. The minimum atomic E-state index is 0.117.